The van der Waals surface area contributed by atoms with Crippen molar-refractivity contribution >= 4 is 12.4 Å². The van der Waals surface area contributed by atoms with Gasteiger partial charge < -0.3 is 5.32 Å². The van der Waals surface area contributed by atoms with E-state index >= 15 is 0 Å². The van der Waals surface area contributed by atoms with E-state index in [2.05, 4.69) is 5.32 Å². The summed E-state index contributed by atoms with van der Waals surface area (Å²) < 4.78 is 51.8. The minimum atomic E-state index is -4.21. The molecule has 7 heteroatoms. The van der Waals surface area contributed by atoms with Crippen molar-refractivity contribution in [3.05, 3.63) is 35.1 Å². The van der Waals surface area contributed by atoms with Gasteiger partial charge in [-0.15, -0.1) is 12.4 Å². The highest BCUT2D eigenvalue weighted by Crippen LogP contribution is 2.33. The molecule has 0 amide bonds. The first-order chi connectivity index (χ1) is 9.87. The van der Waals surface area contributed by atoms with Crippen molar-refractivity contribution in [2.75, 3.05) is 26.2 Å². The summed E-state index contributed by atoms with van der Waals surface area (Å²) in [7, 11) is 0. The van der Waals surface area contributed by atoms with Crippen molar-refractivity contribution in [1.82, 2.24) is 10.2 Å². The zero-order valence-electron chi connectivity index (χ0n) is 12.4. The predicted octanol–water partition coefficient (Wildman–Crippen LogP) is 3.84. The number of rotatable bonds is 4. The Hall–Kier alpha value is -0.850. The van der Waals surface area contributed by atoms with Crippen LogP contribution in [0.4, 0.5) is 17.6 Å². The van der Waals surface area contributed by atoms with Crippen LogP contribution in [0, 0.1) is 12.7 Å². The summed E-state index contributed by atoms with van der Waals surface area (Å²) in [5.74, 6) is -0.416. The van der Waals surface area contributed by atoms with Crippen LogP contribution in [0.3, 0.4) is 0 Å². The first kappa shape index (κ1) is 19.2. The highest BCUT2D eigenvalue weighted by atomic mass is 35.5. The second-order valence-electron chi connectivity index (χ2n) is 5.48. The highest BCUT2D eigenvalue weighted by Gasteiger charge is 2.32. The average Bonchev–Trinajstić information content (AvgIpc) is 2.41. The van der Waals surface area contributed by atoms with Gasteiger partial charge in [0, 0.05) is 44.2 Å². The van der Waals surface area contributed by atoms with Crippen LogP contribution in [0.5, 0.6) is 0 Å². The Balaban J connectivity index is 0.00000242. The number of aryl methyl sites for hydroxylation is 1. The second-order valence-corrected chi connectivity index (χ2v) is 5.48. The number of halogens is 5. The summed E-state index contributed by atoms with van der Waals surface area (Å²) in [6, 6.07) is 4.24. The monoisotopic (exact) mass is 340 g/mol. The highest BCUT2D eigenvalue weighted by molar-refractivity contribution is 5.85. The maximum absolute atomic E-state index is 14.2. The topological polar surface area (TPSA) is 15.3 Å². The third-order valence-electron chi connectivity index (χ3n) is 3.81. The van der Waals surface area contributed by atoms with Crippen LogP contribution in [-0.2, 0) is 0 Å². The molecule has 126 valence electrons. The fourth-order valence-corrected chi connectivity index (χ4v) is 2.73. The van der Waals surface area contributed by atoms with Gasteiger partial charge in [-0.2, -0.15) is 13.2 Å². The zero-order valence-corrected chi connectivity index (χ0v) is 13.2. The third kappa shape index (κ3) is 5.41. The van der Waals surface area contributed by atoms with Crippen LogP contribution in [0.1, 0.15) is 30.0 Å². The van der Waals surface area contributed by atoms with E-state index in [0.29, 0.717) is 18.7 Å². The van der Waals surface area contributed by atoms with E-state index < -0.39 is 24.5 Å². The maximum atomic E-state index is 14.2. The summed E-state index contributed by atoms with van der Waals surface area (Å²) >= 11 is 0. The van der Waals surface area contributed by atoms with Crippen molar-refractivity contribution in [3.63, 3.8) is 0 Å². The van der Waals surface area contributed by atoms with Gasteiger partial charge in [-0.05, 0) is 25.0 Å². The summed E-state index contributed by atoms with van der Waals surface area (Å²) in [4.78, 5) is 1.94. The van der Waals surface area contributed by atoms with Crippen molar-refractivity contribution in [1.29, 1.82) is 0 Å². The third-order valence-corrected chi connectivity index (χ3v) is 3.81. The molecule has 0 spiro atoms. The lowest BCUT2D eigenvalue weighted by molar-refractivity contribution is -0.138. The van der Waals surface area contributed by atoms with Gasteiger partial charge in [-0.3, -0.25) is 4.90 Å². The van der Waals surface area contributed by atoms with Gasteiger partial charge >= 0.3 is 6.18 Å². The van der Waals surface area contributed by atoms with E-state index in [-0.39, 0.29) is 18.8 Å². The Morgan fingerprint density at radius 2 is 1.86 bits per heavy atom. The number of alkyl halides is 3. The lowest BCUT2D eigenvalue weighted by Crippen LogP contribution is -2.45. The van der Waals surface area contributed by atoms with Crippen molar-refractivity contribution in [2.45, 2.75) is 32.0 Å². The Morgan fingerprint density at radius 3 is 2.41 bits per heavy atom. The van der Waals surface area contributed by atoms with Crippen LogP contribution in [0.25, 0.3) is 0 Å². The number of benzene rings is 1. The van der Waals surface area contributed by atoms with Crippen molar-refractivity contribution < 1.29 is 17.6 Å². The van der Waals surface area contributed by atoms with E-state index in [4.69, 9.17) is 0 Å². The molecule has 0 aromatic heterocycles. The number of nitrogens with zero attached hydrogens (tertiary/aromatic N) is 1. The van der Waals surface area contributed by atoms with Gasteiger partial charge in [-0.1, -0.05) is 12.1 Å². The number of hydrogen-bond donors (Lipinski definition) is 1. The molecule has 0 radical (unpaired) electrons. The summed E-state index contributed by atoms with van der Waals surface area (Å²) in [5, 5.41) is 3.16. The van der Waals surface area contributed by atoms with Gasteiger partial charge in [0.2, 0.25) is 0 Å². The number of hydrogen-bond acceptors (Lipinski definition) is 2. The first-order valence-corrected chi connectivity index (χ1v) is 7.14. The SMILES string of the molecule is Cc1ccc([C@@H](CCC(F)(F)F)N2CCNCC2)c(F)c1.Cl. The normalized spacial score (nSPS) is 17.9. The van der Waals surface area contributed by atoms with Gasteiger partial charge in [0.1, 0.15) is 5.82 Å². The van der Waals surface area contributed by atoms with E-state index in [9.17, 15) is 17.6 Å². The minimum Gasteiger partial charge on any atom is -0.314 e. The van der Waals surface area contributed by atoms with Crippen molar-refractivity contribution in [2.24, 2.45) is 0 Å². The Morgan fingerprint density at radius 1 is 1.23 bits per heavy atom. The predicted molar refractivity (Wildman–Crippen MR) is 80.9 cm³/mol. The van der Waals surface area contributed by atoms with Crippen molar-refractivity contribution in [3.8, 4) is 0 Å². The van der Waals surface area contributed by atoms with E-state index in [1.54, 1.807) is 19.1 Å². The lowest BCUT2D eigenvalue weighted by atomic mass is 9.97. The standard InChI is InChI=1S/C15H20F4N2.ClH/c1-11-2-3-12(13(16)10-11)14(4-5-15(17,18)19)21-8-6-20-7-9-21;/h2-3,10,14,20H,4-9H2,1H3;1H/t14-;/m1./s1. The molecule has 0 unspecified atom stereocenters. The molecule has 1 aromatic carbocycles. The Labute approximate surface area is 134 Å². The van der Waals surface area contributed by atoms with Crippen LogP contribution in [-0.4, -0.2) is 37.3 Å². The maximum Gasteiger partial charge on any atom is 0.389 e. The molecule has 1 aliphatic heterocycles. The van der Waals surface area contributed by atoms with Crippen LogP contribution < -0.4 is 5.32 Å². The molecule has 1 saturated heterocycles. The molecule has 1 fully saturated rings. The molecule has 0 bridgehead atoms. The Bertz CT molecular complexity index is 473. The Kier molecular flexibility index (Phi) is 7.09. The van der Waals surface area contributed by atoms with Gasteiger partial charge in [-0.25, -0.2) is 4.39 Å². The largest absolute Gasteiger partial charge is 0.389 e. The number of nitrogens with one attached hydrogen (secondary N) is 1. The van der Waals surface area contributed by atoms with E-state index in [0.717, 1.165) is 18.7 Å². The zero-order chi connectivity index (χ0) is 15.5. The van der Waals surface area contributed by atoms with Gasteiger partial charge in [0.05, 0.1) is 0 Å². The molecule has 1 heterocycles. The quantitative estimate of drug-likeness (QED) is 0.838. The first-order valence-electron chi connectivity index (χ1n) is 7.14. The summed E-state index contributed by atoms with van der Waals surface area (Å²) in [6.45, 7) is 4.47. The molecule has 2 nitrogen and oxygen atoms in total. The average molecular weight is 341 g/mol. The molecule has 0 aliphatic carbocycles. The lowest BCUT2D eigenvalue weighted by Gasteiger charge is -2.35. The molecular weight excluding hydrogens is 320 g/mol. The molecule has 1 aliphatic rings. The van der Waals surface area contributed by atoms with Crippen LogP contribution >= 0.6 is 12.4 Å². The van der Waals surface area contributed by atoms with Gasteiger partial charge in [0.15, 0.2) is 0 Å². The van der Waals surface area contributed by atoms with Gasteiger partial charge in [0.25, 0.3) is 0 Å². The summed E-state index contributed by atoms with van der Waals surface area (Å²) in [5.41, 5.74) is 1.14. The molecule has 1 N–H and O–H groups in total. The smallest absolute Gasteiger partial charge is 0.314 e. The van der Waals surface area contributed by atoms with E-state index in [1.807, 2.05) is 4.90 Å². The fraction of sp³-hybridized carbons (Fsp3) is 0.600. The number of piperazine rings is 1. The molecular formula is C15H21ClF4N2. The summed E-state index contributed by atoms with van der Waals surface area (Å²) in [6.07, 6.45) is -5.22. The van der Waals surface area contributed by atoms with E-state index in [1.165, 1.54) is 6.07 Å². The molecule has 2 rings (SSSR count). The molecule has 1 atom stereocenters. The second kappa shape index (κ2) is 8.13. The fourth-order valence-electron chi connectivity index (χ4n) is 2.73. The minimum absolute atomic E-state index is 0. The molecule has 22 heavy (non-hydrogen) atoms. The molecule has 0 saturated carbocycles. The molecule has 1 aromatic rings. The van der Waals surface area contributed by atoms with Crippen LogP contribution in [0.2, 0.25) is 0 Å². The van der Waals surface area contributed by atoms with Crippen LogP contribution in [0.15, 0.2) is 18.2 Å².